The molecule has 0 rings (SSSR count). The zero-order chi connectivity index (χ0) is 67.2. The van der Waals surface area contributed by atoms with E-state index in [-0.39, 0.29) is 25.7 Å². The van der Waals surface area contributed by atoms with Gasteiger partial charge in [-0.2, -0.15) is 0 Å². The maximum Gasteiger partial charge on any atom is 0.472 e. The number of rotatable bonds is 71. The molecule has 3 N–H and O–H groups in total. The number of carbonyl (C=O) groups is 4. The third-order valence-electron chi connectivity index (χ3n) is 16.7. The van der Waals surface area contributed by atoms with E-state index in [1.54, 1.807) is 0 Å². The van der Waals surface area contributed by atoms with Crippen LogP contribution in [0, 0.1) is 11.8 Å². The molecule has 0 aromatic heterocycles. The predicted octanol–water partition coefficient (Wildman–Crippen LogP) is 20.8. The molecule has 0 aromatic rings. The number of esters is 4. The first-order chi connectivity index (χ1) is 43.9. The zero-order valence-corrected chi connectivity index (χ0v) is 60.9. The van der Waals surface area contributed by atoms with Gasteiger partial charge in [0.2, 0.25) is 0 Å². The van der Waals surface area contributed by atoms with Gasteiger partial charge in [-0.05, 0) is 37.5 Å². The van der Waals surface area contributed by atoms with Gasteiger partial charge in [0.1, 0.15) is 19.3 Å². The van der Waals surface area contributed by atoms with Crippen molar-refractivity contribution in [2.75, 3.05) is 39.6 Å². The van der Waals surface area contributed by atoms with Gasteiger partial charge in [-0.3, -0.25) is 37.3 Å². The molecule has 17 nitrogen and oxygen atoms in total. The minimum absolute atomic E-state index is 0.106. The quantitative estimate of drug-likeness (QED) is 0.0222. The Balaban J connectivity index is 5.16. The van der Waals surface area contributed by atoms with E-state index < -0.39 is 97.5 Å². The maximum absolute atomic E-state index is 13.0. The first kappa shape index (κ1) is 89.1. The van der Waals surface area contributed by atoms with Crippen molar-refractivity contribution in [2.24, 2.45) is 11.8 Å². The van der Waals surface area contributed by atoms with Crippen LogP contribution in [-0.2, 0) is 65.4 Å². The van der Waals surface area contributed by atoms with Crippen LogP contribution in [0.3, 0.4) is 0 Å². The van der Waals surface area contributed by atoms with Gasteiger partial charge in [0.15, 0.2) is 12.2 Å². The molecule has 5 atom stereocenters. The van der Waals surface area contributed by atoms with Crippen LogP contribution in [0.1, 0.15) is 369 Å². The van der Waals surface area contributed by atoms with Crippen LogP contribution in [0.15, 0.2) is 0 Å². The third kappa shape index (κ3) is 66.5. The normalized spacial score (nSPS) is 14.1. The summed E-state index contributed by atoms with van der Waals surface area (Å²) in [6, 6.07) is 0. The summed E-state index contributed by atoms with van der Waals surface area (Å²) < 4.78 is 68.2. The van der Waals surface area contributed by atoms with Gasteiger partial charge in [0, 0.05) is 25.7 Å². The molecule has 0 radical (unpaired) electrons. The summed E-state index contributed by atoms with van der Waals surface area (Å²) in [7, 11) is -9.89. The smallest absolute Gasteiger partial charge is 0.462 e. The van der Waals surface area contributed by atoms with Gasteiger partial charge in [-0.1, -0.05) is 318 Å². The van der Waals surface area contributed by atoms with E-state index in [0.29, 0.717) is 25.7 Å². The molecule has 0 saturated heterocycles. The molecule has 0 aliphatic carbocycles. The van der Waals surface area contributed by atoms with Crippen LogP contribution in [0.25, 0.3) is 0 Å². The van der Waals surface area contributed by atoms with E-state index in [4.69, 9.17) is 37.0 Å². The number of unbranched alkanes of at least 4 members (excludes halogenated alkanes) is 41. The first-order valence-corrected chi connectivity index (χ1v) is 40.5. The molecule has 2 unspecified atom stereocenters. The SMILES string of the molecule is CCCCCCCCCCCCCCCCCCC(=O)OC[C@H](COP(=O)(O)OC[C@@H](O)COP(=O)(O)OC[C@@H](COC(=O)CCCCCCC)OC(=O)CCCCCCCCCCCCCC(C)C)OC(=O)CCCCCCCCCCCCCCCC(C)C. The summed E-state index contributed by atoms with van der Waals surface area (Å²) in [6.07, 6.45) is 50.3. The number of ether oxygens (including phenoxy) is 4. The number of aliphatic hydroxyl groups excluding tert-OH is 1. The van der Waals surface area contributed by atoms with Crippen LogP contribution < -0.4 is 0 Å². The van der Waals surface area contributed by atoms with Gasteiger partial charge >= 0.3 is 39.5 Å². The number of carbonyl (C=O) groups excluding carboxylic acids is 4. The molecular weight excluding hydrogens is 1200 g/mol. The topological polar surface area (TPSA) is 237 Å². The number of phosphoric ester groups is 2. The zero-order valence-electron chi connectivity index (χ0n) is 59.1. The van der Waals surface area contributed by atoms with Crippen molar-refractivity contribution in [1.82, 2.24) is 0 Å². The minimum atomic E-state index is -4.95. The van der Waals surface area contributed by atoms with Crippen molar-refractivity contribution in [3.63, 3.8) is 0 Å². The highest BCUT2D eigenvalue weighted by Gasteiger charge is 2.30. The first-order valence-electron chi connectivity index (χ1n) is 37.5. The van der Waals surface area contributed by atoms with Gasteiger partial charge in [-0.25, -0.2) is 9.13 Å². The lowest BCUT2D eigenvalue weighted by Gasteiger charge is -2.21. The Kier molecular flexibility index (Phi) is 62.7. The van der Waals surface area contributed by atoms with Crippen molar-refractivity contribution in [2.45, 2.75) is 387 Å². The molecule has 91 heavy (non-hydrogen) atoms. The Morgan fingerprint density at radius 1 is 0.297 bits per heavy atom. The van der Waals surface area contributed by atoms with E-state index in [0.717, 1.165) is 108 Å². The van der Waals surface area contributed by atoms with E-state index in [1.807, 2.05) is 0 Å². The molecule has 19 heteroatoms. The fraction of sp³-hybridized carbons (Fsp3) is 0.944. The second kappa shape index (κ2) is 64.1. The minimum Gasteiger partial charge on any atom is -0.462 e. The summed E-state index contributed by atoms with van der Waals surface area (Å²) in [5, 5.41) is 10.6. The van der Waals surface area contributed by atoms with Crippen molar-refractivity contribution < 1.29 is 80.2 Å². The van der Waals surface area contributed by atoms with Gasteiger partial charge in [0.25, 0.3) is 0 Å². The molecule has 0 fully saturated rings. The monoisotopic (exact) mass is 1340 g/mol. The van der Waals surface area contributed by atoms with Gasteiger partial charge in [-0.15, -0.1) is 0 Å². The Bertz CT molecular complexity index is 1770. The number of hydrogen-bond donors (Lipinski definition) is 3. The highest BCUT2D eigenvalue weighted by Crippen LogP contribution is 2.45. The molecule has 0 amide bonds. The summed E-state index contributed by atoms with van der Waals surface area (Å²) in [5.41, 5.74) is 0. The van der Waals surface area contributed by atoms with Crippen LogP contribution in [-0.4, -0.2) is 96.7 Å². The largest absolute Gasteiger partial charge is 0.472 e. The molecule has 0 spiro atoms. The molecule has 0 aliphatic heterocycles. The molecule has 0 aromatic carbocycles. The number of phosphoric acid groups is 2. The fourth-order valence-electron chi connectivity index (χ4n) is 10.9. The fourth-order valence-corrected chi connectivity index (χ4v) is 12.5. The second-order valence-corrected chi connectivity index (χ2v) is 29.8. The molecular formula is C72H140O17P2. The van der Waals surface area contributed by atoms with E-state index >= 15 is 0 Å². The Hall–Kier alpha value is -1.94. The molecule has 0 bridgehead atoms. The average molecular weight is 1340 g/mol. The van der Waals surface area contributed by atoms with Crippen LogP contribution in [0.2, 0.25) is 0 Å². The van der Waals surface area contributed by atoms with Crippen molar-refractivity contribution >= 4 is 39.5 Å². The highest BCUT2D eigenvalue weighted by atomic mass is 31.2. The summed E-state index contributed by atoms with van der Waals surface area (Å²) in [6.45, 7) is 9.50. The predicted molar refractivity (Wildman–Crippen MR) is 368 cm³/mol. The summed E-state index contributed by atoms with van der Waals surface area (Å²) in [5.74, 6) is -0.579. The van der Waals surface area contributed by atoms with Crippen molar-refractivity contribution in [3.8, 4) is 0 Å². The molecule has 540 valence electrons. The van der Waals surface area contributed by atoms with Gasteiger partial charge < -0.3 is 33.8 Å². The number of aliphatic hydroxyl groups is 1. The third-order valence-corrected chi connectivity index (χ3v) is 18.6. The Morgan fingerprint density at radius 2 is 0.505 bits per heavy atom. The Morgan fingerprint density at radius 3 is 0.747 bits per heavy atom. The molecule has 0 saturated carbocycles. The van der Waals surface area contributed by atoms with Crippen molar-refractivity contribution in [1.29, 1.82) is 0 Å². The average Bonchev–Trinajstić information content (AvgIpc) is 3.73. The van der Waals surface area contributed by atoms with Crippen LogP contribution in [0.5, 0.6) is 0 Å². The summed E-state index contributed by atoms with van der Waals surface area (Å²) >= 11 is 0. The number of hydrogen-bond acceptors (Lipinski definition) is 15. The lowest BCUT2D eigenvalue weighted by Crippen LogP contribution is -2.30. The van der Waals surface area contributed by atoms with E-state index in [9.17, 15) is 43.2 Å². The Labute approximate surface area is 556 Å². The standard InChI is InChI=1S/C72H140O17P2/c1-7-9-11-13-14-15-16-17-18-19-22-27-32-37-43-49-55-70(75)83-61-68(89-72(77)56-50-44-38-33-28-23-20-21-25-30-35-41-46-52-64(3)4)63-87-91(80,81)85-59-66(73)58-84-90(78,79)86-62-67(60-82-69(74)54-48-40-12-10-8-2)88-71(76)57-51-45-39-34-29-24-26-31-36-42-47-53-65(5)6/h64-68,73H,7-63H2,1-6H3,(H,78,79)(H,80,81)/t66-,67+,68+/m0/s1. The van der Waals surface area contributed by atoms with Gasteiger partial charge in [0.05, 0.1) is 26.4 Å². The van der Waals surface area contributed by atoms with Crippen LogP contribution >= 0.6 is 15.6 Å². The lowest BCUT2D eigenvalue weighted by molar-refractivity contribution is -0.161. The summed E-state index contributed by atoms with van der Waals surface area (Å²) in [4.78, 5) is 72.4. The van der Waals surface area contributed by atoms with E-state index in [1.165, 1.54) is 180 Å². The lowest BCUT2D eigenvalue weighted by atomic mass is 10.0. The molecule has 0 heterocycles. The highest BCUT2D eigenvalue weighted by molar-refractivity contribution is 7.47. The molecule has 0 aliphatic rings. The van der Waals surface area contributed by atoms with Crippen LogP contribution in [0.4, 0.5) is 0 Å². The second-order valence-electron chi connectivity index (χ2n) is 26.9. The van der Waals surface area contributed by atoms with Crippen molar-refractivity contribution in [3.05, 3.63) is 0 Å². The van der Waals surface area contributed by atoms with E-state index in [2.05, 4.69) is 41.5 Å². The maximum atomic E-state index is 13.0.